The number of aromatic hydroxyl groups is 1. The maximum Gasteiger partial charge on any atom is 0.160 e. The molecular formula is C18H21NO4. The van der Waals surface area contributed by atoms with E-state index in [1.54, 1.807) is 19.2 Å². The van der Waals surface area contributed by atoms with Gasteiger partial charge < -0.3 is 19.7 Å². The lowest BCUT2D eigenvalue weighted by atomic mass is 9.96. The number of hydrogen-bond donors (Lipinski definition) is 2. The van der Waals surface area contributed by atoms with Crippen LogP contribution in [0.3, 0.4) is 0 Å². The molecule has 3 rings (SSSR count). The zero-order valence-electron chi connectivity index (χ0n) is 13.3. The first kappa shape index (κ1) is 15.6. The highest BCUT2D eigenvalue weighted by atomic mass is 16.5. The molecule has 0 spiro atoms. The van der Waals surface area contributed by atoms with Crippen LogP contribution in [0, 0.1) is 0 Å². The lowest BCUT2D eigenvalue weighted by molar-refractivity contribution is 0.0877. The molecule has 1 aliphatic rings. The number of β-amino-alcohol motifs (C(OH)–C–C–N with tert-alkyl or cyclic N) is 1. The van der Waals surface area contributed by atoms with Crippen molar-refractivity contribution in [1.29, 1.82) is 0 Å². The minimum absolute atomic E-state index is 0.0616. The summed E-state index contributed by atoms with van der Waals surface area (Å²) in [5.74, 6) is 1.32. The summed E-state index contributed by atoms with van der Waals surface area (Å²) in [7, 11) is 3.17. The van der Waals surface area contributed by atoms with Crippen molar-refractivity contribution < 1.29 is 19.7 Å². The monoisotopic (exact) mass is 315 g/mol. The van der Waals surface area contributed by atoms with Gasteiger partial charge in [0.25, 0.3) is 0 Å². The minimum atomic E-state index is -0.624. The second kappa shape index (κ2) is 6.48. The van der Waals surface area contributed by atoms with Crippen LogP contribution in [-0.4, -0.2) is 35.9 Å². The van der Waals surface area contributed by atoms with Crippen LogP contribution in [0.4, 0.5) is 0 Å². The lowest BCUT2D eigenvalue weighted by Gasteiger charge is -2.32. The van der Waals surface area contributed by atoms with Gasteiger partial charge in [0.05, 0.1) is 20.3 Å². The zero-order chi connectivity index (χ0) is 16.4. The van der Waals surface area contributed by atoms with Crippen molar-refractivity contribution in [3.05, 3.63) is 53.1 Å². The quantitative estimate of drug-likeness (QED) is 0.907. The number of rotatable bonds is 4. The van der Waals surface area contributed by atoms with Crippen molar-refractivity contribution in [1.82, 2.24) is 4.90 Å². The highest BCUT2D eigenvalue weighted by Gasteiger charge is 2.25. The summed E-state index contributed by atoms with van der Waals surface area (Å²) < 4.78 is 10.4. The molecule has 1 unspecified atom stereocenters. The lowest BCUT2D eigenvalue weighted by Crippen LogP contribution is -2.33. The molecule has 0 saturated carbocycles. The van der Waals surface area contributed by atoms with Crippen LogP contribution in [0.2, 0.25) is 0 Å². The number of ether oxygens (including phenoxy) is 2. The van der Waals surface area contributed by atoms with E-state index in [-0.39, 0.29) is 5.75 Å². The fraction of sp³-hybridized carbons (Fsp3) is 0.333. The highest BCUT2D eigenvalue weighted by Crippen LogP contribution is 2.36. The Morgan fingerprint density at radius 1 is 1.17 bits per heavy atom. The summed E-state index contributed by atoms with van der Waals surface area (Å²) in [6, 6.07) is 11.3. The Hall–Kier alpha value is -2.24. The minimum Gasteiger partial charge on any atom is -0.504 e. The van der Waals surface area contributed by atoms with E-state index in [4.69, 9.17) is 9.47 Å². The largest absolute Gasteiger partial charge is 0.504 e. The van der Waals surface area contributed by atoms with E-state index in [2.05, 4.69) is 4.90 Å². The van der Waals surface area contributed by atoms with Crippen LogP contribution < -0.4 is 9.47 Å². The maximum absolute atomic E-state index is 10.4. The summed E-state index contributed by atoms with van der Waals surface area (Å²) in [6.07, 6.45) is -0.624. The van der Waals surface area contributed by atoms with Gasteiger partial charge in [0.15, 0.2) is 11.5 Å². The molecule has 0 aromatic heterocycles. The third kappa shape index (κ3) is 3.25. The summed E-state index contributed by atoms with van der Waals surface area (Å²) >= 11 is 0. The number of fused-ring (bicyclic) bond motifs is 1. The fourth-order valence-electron chi connectivity index (χ4n) is 3.04. The van der Waals surface area contributed by atoms with Gasteiger partial charge in [-0.05, 0) is 41.0 Å². The number of hydrogen-bond acceptors (Lipinski definition) is 5. The molecule has 5 nitrogen and oxygen atoms in total. The Balaban J connectivity index is 1.82. The molecule has 1 atom stereocenters. The third-order valence-electron chi connectivity index (χ3n) is 4.17. The van der Waals surface area contributed by atoms with Crippen LogP contribution in [0.1, 0.15) is 22.8 Å². The third-order valence-corrected chi connectivity index (χ3v) is 4.17. The van der Waals surface area contributed by atoms with Gasteiger partial charge in [0, 0.05) is 19.6 Å². The van der Waals surface area contributed by atoms with E-state index in [1.807, 2.05) is 24.3 Å². The number of benzene rings is 2. The van der Waals surface area contributed by atoms with Gasteiger partial charge in [-0.2, -0.15) is 0 Å². The topological polar surface area (TPSA) is 62.2 Å². The van der Waals surface area contributed by atoms with Crippen molar-refractivity contribution in [2.75, 3.05) is 20.8 Å². The summed E-state index contributed by atoms with van der Waals surface area (Å²) in [4.78, 5) is 2.16. The van der Waals surface area contributed by atoms with Gasteiger partial charge >= 0.3 is 0 Å². The summed E-state index contributed by atoms with van der Waals surface area (Å²) in [5.41, 5.74) is 2.87. The van der Waals surface area contributed by atoms with Crippen molar-refractivity contribution >= 4 is 0 Å². The number of aliphatic hydroxyl groups excluding tert-OH is 1. The number of methoxy groups -OCH3 is 2. The Morgan fingerprint density at radius 2 is 2.00 bits per heavy atom. The molecule has 122 valence electrons. The Morgan fingerprint density at radius 3 is 2.74 bits per heavy atom. The summed E-state index contributed by atoms with van der Waals surface area (Å²) in [5, 5.41) is 20.3. The van der Waals surface area contributed by atoms with Crippen molar-refractivity contribution in [2.45, 2.75) is 19.2 Å². The molecule has 0 bridgehead atoms. The average Bonchev–Trinajstić information content (AvgIpc) is 2.55. The van der Waals surface area contributed by atoms with Crippen LogP contribution in [-0.2, 0) is 13.1 Å². The Labute approximate surface area is 135 Å². The van der Waals surface area contributed by atoms with Crippen LogP contribution >= 0.6 is 0 Å². The van der Waals surface area contributed by atoms with Crippen molar-refractivity contribution in [2.24, 2.45) is 0 Å². The number of nitrogens with zero attached hydrogens (tertiary/aromatic N) is 1. The molecule has 5 heteroatoms. The predicted molar refractivity (Wildman–Crippen MR) is 86.7 cm³/mol. The fourth-order valence-corrected chi connectivity index (χ4v) is 3.04. The smallest absolute Gasteiger partial charge is 0.160 e. The van der Waals surface area contributed by atoms with Crippen LogP contribution in [0.15, 0.2) is 36.4 Å². The first-order chi connectivity index (χ1) is 11.1. The molecule has 2 N–H and O–H groups in total. The number of phenolic OH excluding ortho intramolecular Hbond substituents is 1. The van der Waals surface area contributed by atoms with E-state index < -0.39 is 6.10 Å². The van der Waals surface area contributed by atoms with E-state index in [0.717, 1.165) is 29.0 Å². The average molecular weight is 315 g/mol. The molecule has 1 aliphatic heterocycles. The highest BCUT2D eigenvalue weighted by molar-refractivity contribution is 5.48. The van der Waals surface area contributed by atoms with Gasteiger partial charge in [-0.25, -0.2) is 0 Å². The molecular weight excluding hydrogens is 294 g/mol. The molecule has 0 saturated heterocycles. The molecule has 1 heterocycles. The predicted octanol–water partition coefficient (Wildman–Crippen LogP) is 2.46. The van der Waals surface area contributed by atoms with Crippen molar-refractivity contribution in [3.63, 3.8) is 0 Å². The molecule has 0 aliphatic carbocycles. The molecule has 23 heavy (non-hydrogen) atoms. The van der Waals surface area contributed by atoms with E-state index in [1.165, 1.54) is 7.11 Å². The van der Waals surface area contributed by atoms with Gasteiger partial charge in [0.2, 0.25) is 0 Å². The number of aliphatic hydroxyl groups is 1. The number of phenols is 1. The van der Waals surface area contributed by atoms with Gasteiger partial charge in [-0.3, -0.25) is 4.90 Å². The zero-order valence-corrected chi connectivity index (χ0v) is 13.3. The Kier molecular flexibility index (Phi) is 4.41. The standard InChI is InChI=1S/C18H21NO4/c1-22-14-5-3-4-12(6-14)9-19-10-13-7-18(23-2)16(20)8-15(13)17(21)11-19/h3-8,17,20-21H,9-11H2,1-2H3. The Bertz CT molecular complexity index is 701. The van der Waals surface area contributed by atoms with E-state index >= 15 is 0 Å². The van der Waals surface area contributed by atoms with Crippen LogP contribution in [0.5, 0.6) is 17.2 Å². The molecule has 2 aromatic carbocycles. The molecule has 0 fully saturated rings. The van der Waals surface area contributed by atoms with Crippen LogP contribution in [0.25, 0.3) is 0 Å². The second-order valence-electron chi connectivity index (χ2n) is 5.76. The molecule has 0 radical (unpaired) electrons. The van der Waals surface area contributed by atoms with Gasteiger partial charge in [-0.15, -0.1) is 0 Å². The van der Waals surface area contributed by atoms with Gasteiger partial charge in [0.1, 0.15) is 5.75 Å². The van der Waals surface area contributed by atoms with E-state index in [0.29, 0.717) is 18.8 Å². The van der Waals surface area contributed by atoms with E-state index in [9.17, 15) is 10.2 Å². The normalized spacial score (nSPS) is 17.6. The second-order valence-corrected chi connectivity index (χ2v) is 5.76. The first-order valence-electron chi connectivity index (χ1n) is 7.54. The molecule has 2 aromatic rings. The van der Waals surface area contributed by atoms with Gasteiger partial charge in [-0.1, -0.05) is 12.1 Å². The summed E-state index contributed by atoms with van der Waals surface area (Å²) in [6.45, 7) is 1.94. The SMILES string of the molecule is COc1cccc(CN2Cc3cc(OC)c(O)cc3C(O)C2)c1. The molecule has 0 amide bonds. The first-order valence-corrected chi connectivity index (χ1v) is 7.54. The maximum atomic E-state index is 10.4. The van der Waals surface area contributed by atoms with Crippen molar-refractivity contribution in [3.8, 4) is 17.2 Å².